The number of carboxylic acid groups (broad SMARTS) is 1. The van der Waals surface area contributed by atoms with E-state index in [1.165, 1.54) is 0 Å². The Labute approximate surface area is 94.9 Å². The lowest BCUT2D eigenvalue weighted by Crippen LogP contribution is -2.18. The Bertz CT molecular complexity index is 379. The molecule has 0 amide bonds. The largest absolute Gasteiger partial charge is 0.481 e. The molecule has 1 rings (SSSR count). The fraction of sp³-hybridized carbons (Fsp3) is 0.727. The lowest BCUT2D eigenvalue weighted by molar-refractivity contribution is -0.141. The molecule has 2 atom stereocenters. The third kappa shape index (κ3) is 2.59. The van der Waals surface area contributed by atoms with E-state index in [9.17, 15) is 4.79 Å². The summed E-state index contributed by atoms with van der Waals surface area (Å²) in [6, 6.07) is 0. The van der Waals surface area contributed by atoms with Crippen LogP contribution in [0.5, 0.6) is 0 Å². The van der Waals surface area contributed by atoms with Gasteiger partial charge in [0, 0.05) is 11.3 Å². The fourth-order valence-electron chi connectivity index (χ4n) is 1.15. The first-order valence-electron chi connectivity index (χ1n) is 5.30. The minimum Gasteiger partial charge on any atom is -0.481 e. The van der Waals surface area contributed by atoms with Crippen molar-refractivity contribution in [3.05, 3.63) is 11.7 Å². The minimum atomic E-state index is -0.858. The molecule has 0 saturated carbocycles. The smallest absolute Gasteiger partial charge is 0.307 e. The van der Waals surface area contributed by atoms with Gasteiger partial charge in [0.05, 0.1) is 5.92 Å². The molecule has 2 unspecified atom stereocenters. The van der Waals surface area contributed by atoms with Crippen LogP contribution in [-0.2, 0) is 10.2 Å². The van der Waals surface area contributed by atoms with Gasteiger partial charge in [0.1, 0.15) is 0 Å². The van der Waals surface area contributed by atoms with Crippen LogP contribution in [0.3, 0.4) is 0 Å². The molecule has 1 aromatic heterocycles. The van der Waals surface area contributed by atoms with Crippen LogP contribution in [0.2, 0.25) is 0 Å². The van der Waals surface area contributed by atoms with E-state index in [-0.39, 0.29) is 11.3 Å². The van der Waals surface area contributed by atoms with E-state index < -0.39 is 11.9 Å². The molecule has 0 fully saturated rings. The minimum absolute atomic E-state index is 0.187. The van der Waals surface area contributed by atoms with Crippen molar-refractivity contribution in [2.45, 2.75) is 46.0 Å². The molecule has 0 aliphatic heterocycles. The summed E-state index contributed by atoms with van der Waals surface area (Å²) in [6.07, 6.45) is 0. The molecule has 1 N–H and O–H groups in total. The van der Waals surface area contributed by atoms with Crippen LogP contribution in [0.1, 0.15) is 52.3 Å². The van der Waals surface area contributed by atoms with Crippen LogP contribution < -0.4 is 0 Å². The van der Waals surface area contributed by atoms with Gasteiger partial charge in [-0.3, -0.25) is 4.79 Å². The Kier molecular flexibility index (Phi) is 3.35. The number of nitrogens with zero attached hydrogens (tertiary/aromatic N) is 2. The van der Waals surface area contributed by atoms with E-state index in [1.807, 2.05) is 20.8 Å². The van der Waals surface area contributed by atoms with E-state index in [0.717, 1.165) is 0 Å². The molecule has 0 aliphatic carbocycles. The van der Waals surface area contributed by atoms with Gasteiger partial charge in [0.15, 0.2) is 5.82 Å². The summed E-state index contributed by atoms with van der Waals surface area (Å²) in [5.41, 5.74) is -0.187. The molecule has 5 heteroatoms. The van der Waals surface area contributed by atoms with Gasteiger partial charge in [0.25, 0.3) is 0 Å². The molecule has 5 nitrogen and oxygen atoms in total. The predicted octanol–water partition coefficient (Wildman–Crippen LogP) is 2.19. The van der Waals surface area contributed by atoms with Crippen LogP contribution in [0.25, 0.3) is 0 Å². The highest BCUT2D eigenvalue weighted by atomic mass is 16.5. The summed E-state index contributed by atoms with van der Waals surface area (Å²) in [6.45, 7) is 9.35. The lowest BCUT2D eigenvalue weighted by Gasteiger charge is -2.12. The second kappa shape index (κ2) is 4.23. The summed E-state index contributed by atoms with van der Waals surface area (Å²) in [5.74, 6) is -0.677. The molecule has 1 aromatic rings. The van der Waals surface area contributed by atoms with Crippen molar-refractivity contribution in [2.75, 3.05) is 0 Å². The number of aliphatic carboxylic acids is 1. The molecule has 0 spiro atoms. The molecular formula is C11H18N2O3. The molecule has 1 heterocycles. The van der Waals surface area contributed by atoms with E-state index in [0.29, 0.717) is 11.7 Å². The molecule has 0 bridgehead atoms. The Morgan fingerprint density at radius 2 is 1.94 bits per heavy atom. The number of carbonyl (C=O) groups is 1. The summed E-state index contributed by atoms with van der Waals surface area (Å²) in [4.78, 5) is 15.1. The summed E-state index contributed by atoms with van der Waals surface area (Å²) in [7, 11) is 0. The highest BCUT2D eigenvalue weighted by Crippen LogP contribution is 2.25. The van der Waals surface area contributed by atoms with Crippen molar-refractivity contribution in [1.82, 2.24) is 10.1 Å². The van der Waals surface area contributed by atoms with Crippen LogP contribution in [-0.4, -0.2) is 21.2 Å². The van der Waals surface area contributed by atoms with Crippen LogP contribution >= 0.6 is 0 Å². The first kappa shape index (κ1) is 12.7. The maximum Gasteiger partial charge on any atom is 0.307 e. The van der Waals surface area contributed by atoms with Crippen molar-refractivity contribution >= 4 is 5.97 Å². The van der Waals surface area contributed by atoms with Gasteiger partial charge in [0.2, 0.25) is 5.89 Å². The second-order valence-electron chi connectivity index (χ2n) is 5.12. The monoisotopic (exact) mass is 226 g/mol. The molecule has 0 saturated heterocycles. The van der Waals surface area contributed by atoms with Crippen molar-refractivity contribution < 1.29 is 14.4 Å². The molecular weight excluding hydrogens is 208 g/mol. The zero-order valence-electron chi connectivity index (χ0n) is 10.3. The summed E-state index contributed by atoms with van der Waals surface area (Å²) >= 11 is 0. The fourth-order valence-corrected chi connectivity index (χ4v) is 1.15. The highest BCUT2D eigenvalue weighted by molar-refractivity contribution is 5.70. The van der Waals surface area contributed by atoms with Gasteiger partial charge < -0.3 is 9.63 Å². The Balaban J connectivity index is 2.90. The maximum atomic E-state index is 10.8. The number of hydrogen-bond acceptors (Lipinski definition) is 4. The van der Waals surface area contributed by atoms with Crippen LogP contribution in [0.15, 0.2) is 4.52 Å². The molecule has 90 valence electrons. The zero-order chi connectivity index (χ0) is 12.5. The maximum absolute atomic E-state index is 10.8. The molecule has 0 radical (unpaired) electrons. The summed E-state index contributed by atoms with van der Waals surface area (Å²) in [5, 5.41) is 12.8. The third-order valence-electron chi connectivity index (χ3n) is 2.64. The first-order valence-corrected chi connectivity index (χ1v) is 5.30. The van der Waals surface area contributed by atoms with Crippen molar-refractivity contribution in [3.63, 3.8) is 0 Å². The van der Waals surface area contributed by atoms with Gasteiger partial charge in [-0.05, 0) is 0 Å². The van der Waals surface area contributed by atoms with Crippen LogP contribution in [0.4, 0.5) is 0 Å². The van der Waals surface area contributed by atoms with Crippen molar-refractivity contribution in [3.8, 4) is 0 Å². The normalized spacial score (nSPS) is 15.8. The Morgan fingerprint density at radius 1 is 1.38 bits per heavy atom. The van der Waals surface area contributed by atoms with Gasteiger partial charge in [-0.25, -0.2) is 0 Å². The average Bonchev–Trinajstić information content (AvgIpc) is 2.63. The summed E-state index contributed by atoms with van der Waals surface area (Å²) < 4.78 is 5.10. The van der Waals surface area contributed by atoms with Gasteiger partial charge in [-0.2, -0.15) is 4.98 Å². The first-order chi connectivity index (χ1) is 7.23. The molecule has 0 aliphatic rings. The number of carboxylic acids is 1. The average molecular weight is 226 g/mol. The van der Waals surface area contributed by atoms with E-state index in [1.54, 1.807) is 13.8 Å². The lowest BCUT2D eigenvalue weighted by atomic mass is 9.94. The van der Waals surface area contributed by atoms with E-state index >= 15 is 0 Å². The van der Waals surface area contributed by atoms with Crippen LogP contribution in [0, 0.1) is 5.92 Å². The number of rotatable bonds is 3. The van der Waals surface area contributed by atoms with Gasteiger partial charge in [-0.15, -0.1) is 0 Å². The SMILES string of the molecule is CC(C(=O)O)C(C)c1nc(C(C)(C)C)no1. The topological polar surface area (TPSA) is 76.2 Å². The standard InChI is InChI=1S/C11H18N2O3/c1-6(7(2)9(14)15)8-12-10(13-16-8)11(3,4)5/h6-7H,1-5H3,(H,14,15). The van der Waals surface area contributed by atoms with Crippen molar-refractivity contribution in [2.24, 2.45) is 5.92 Å². The third-order valence-corrected chi connectivity index (χ3v) is 2.64. The number of aromatic nitrogens is 2. The second-order valence-corrected chi connectivity index (χ2v) is 5.12. The zero-order valence-corrected chi connectivity index (χ0v) is 10.3. The Hall–Kier alpha value is -1.39. The highest BCUT2D eigenvalue weighted by Gasteiger charge is 2.28. The van der Waals surface area contributed by atoms with Crippen molar-refractivity contribution in [1.29, 1.82) is 0 Å². The quantitative estimate of drug-likeness (QED) is 0.854. The predicted molar refractivity (Wildman–Crippen MR) is 58.2 cm³/mol. The molecule has 0 aromatic carbocycles. The van der Waals surface area contributed by atoms with Gasteiger partial charge >= 0.3 is 5.97 Å². The van der Waals surface area contributed by atoms with E-state index in [4.69, 9.17) is 9.63 Å². The van der Waals surface area contributed by atoms with Gasteiger partial charge in [-0.1, -0.05) is 39.8 Å². The molecule has 16 heavy (non-hydrogen) atoms. The number of hydrogen-bond donors (Lipinski definition) is 1. The van der Waals surface area contributed by atoms with E-state index in [2.05, 4.69) is 10.1 Å². The Morgan fingerprint density at radius 3 is 2.31 bits per heavy atom.